The maximum atomic E-state index is 12.4. The van der Waals surface area contributed by atoms with Crippen molar-refractivity contribution in [3.63, 3.8) is 0 Å². The van der Waals surface area contributed by atoms with E-state index in [0.29, 0.717) is 42.5 Å². The Morgan fingerprint density at radius 3 is 2.64 bits per heavy atom. The van der Waals surface area contributed by atoms with Gasteiger partial charge in [-0.25, -0.2) is 9.67 Å². The number of ether oxygens (including phenoxy) is 2. The number of nitrogens with zero attached hydrogens (tertiary/aromatic N) is 3. The number of hydrogen-bond donors (Lipinski definition) is 1. The van der Waals surface area contributed by atoms with Crippen molar-refractivity contribution < 1.29 is 14.3 Å². The number of hydrogen-bond acceptors (Lipinski definition) is 5. The summed E-state index contributed by atoms with van der Waals surface area (Å²) in [7, 11) is 0. The largest absolute Gasteiger partial charge is 0.486 e. The number of aromatic nitrogens is 3. The van der Waals surface area contributed by atoms with E-state index >= 15 is 0 Å². The molecule has 1 aliphatic rings. The average molecular weight is 336 g/mol. The third-order valence-electron chi connectivity index (χ3n) is 3.83. The van der Waals surface area contributed by atoms with Crippen LogP contribution in [0.2, 0.25) is 0 Å². The van der Waals surface area contributed by atoms with E-state index in [1.54, 1.807) is 41.3 Å². The smallest absolute Gasteiger partial charge is 0.255 e. The van der Waals surface area contributed by atoms with Gasteiger partial charge < -0.3 is 14.8 Å². The average Bonchev–Trinajstić information content (AvgIpc) is 3.15. The van der Waals surface area contributed by atoms with E-state index in [1.807, 2.05) is 12.1 Å². The first-order chi connectivity index (χ1) is 12.3. The van der Waals surface area contributed by atoms with Gasteiger partial charge in [0.25, 0.3) is 5.91 Å². The molecule has 1 amide bonds. The first-order valence-electron chi connectivity index (χ1n) is 7.90. The number of carbonyl (C=O) groups is 1. The lowest BCUT2D eigenvalue weighted by Gasteiger charge is -2.19. The lowest BCUT2D eigenvalue weighted by atomic mass is 10.1. The normalized spacial score (nSPS) is 12.6. The van der Waals surface area contributed by atoms with Crippen LogP contribution in [0.25, 0.3) is 0 Å². The molecule has 4 rings (SSSR count). The van der Waals surface area contributed by atoms with Crippen LogP contribution in [0.1, 0.15) is 15.9 Å². The number of benzene rings is 2. The number of anilines is 1. The van der Waals surface area contributed by atoms with Gasteiger partial charge in [0.1, 0.15) is 25.9 Å². The number of amides is 1. The first-order valence-corrected chi connectivity index (χ1v) is 7.90. The van der Waals surface area contributed by atoms with Crippen LogP contribution in [-0.4, -0.2) is 33.9 Å². The van der Waals surface area contributed by atoms with Gasteiger partial charge in [0.2, 0.25) is 0 Å². The summed E-state index contributed by atoms with van der Waals surface area (Å²) in [6.07, 6.45) is 3.15. The molecule has 0 spiro atoms. The van der Waals surface area contributed by atoms with E-state index in [2.05, 4.69) is 15.4 Å². The van der Waals surface area contributed by atoms with E-state index in [9.17, 15) is 4.79 Å². The van der Waals surface area contributed by atoms with Crippen LogP contribution in [0.15, 0.2) is 55.1 Å². The fourth-order valence-electron chi connectivity index (χ4n) is 2.59. The van der Waals surface area contributed by atoms with Crippen molar-refractivity contribution in [2.75, 3.05) is 18.5 Å². The molecule has 0 saturated carbocycles. The summed E-state index contributed by atoms with van der Waals surface area (Å²) in [5.41, 5.74) is 2.29. The zero-order chi connectivity index (χ0) is 17.1. The number of carbonyl (C=O) groups excluding carboxylic acids is 1. The Morgan fingerprint density at radius 1 is 1.08 bits per heavy atom. The van der Waals surface area contributed by atoms with E-state index in [4.69, 9.17) is 9.47 Å². The molecule has 2 heterocycles. The molecule has 1 aliphatic heterocycles. The molecule has 25 heavy (non-hydrogen) atoms. The van der Waals surface area contributed by atoms with Crippen molar-refractivity contribution in [1.29, 1.82) is 0 Å². The summed E-state index contributed by atoms with van der Waals surface area (Å²) in [6, 6.07) is 12.8. The van der Waals surface area contributed by atoms with Crippen LogP contribution in [0, 0.1) is 0 Å². The van der Waals surface area contributed by atoms with Crippen LogP contribution in [0.4, 0.5) is 5.69 Å². The van der Waals surface area contributed by atoms with Gasteiger partial charge in [0.15, 0.2) is 11.5 Å². The molecule has 1 N–H and O–H groups in total. The van der Waals surface area contributed by atoms with Crippen LogP contribution >= 0.6 is 0 Å². The van der Waals surface area contributed by atoms with E-state index in [1.165, 1.54) is 6.33 Å². The molecule has 0 aliphatic carbocycles. The van der Waals surface area contributed by atoms with Gasteiger partial charge in [-0.05, 0) is 29.8 Å². The SMILES string of the molecule is O=C(Nc1ccc2c(c1)OCCO2)c1ccc(Cn2cncn2)cc1. The lowest BCUT2D eigenvalue weighted by Crippen LogP contribution is -2.16. The molecule has 126 valence electrons. The molecule has 0 unspecified atom stereocenters. The van der Waals surface area contributed by atoms with Gasteiger partial charge in [-0.2, -0.15) is 5.10 Å². The molecule has 7 heteroatoms. The maximum Gasteiger partial charge on any atom is 0.255 e. The monoisotopic (exact) mass is 336 g/mol. The zero-order valence-corrected chi connectivity index (χ0v) is 13.4. The molecule has 2 aromatic carbocycles. The van der Waals surface area contributed by atoms with Crippen molar-refractivity contribution in [3.05, 3.63) is 66.2 Å². The second kappa shape index (κ2) is 6.64. The third kappa shape index (κ3) is 3.45. The van der Waals surface area contributed by atoms with Crippen molar-refractivity contribution >= 4 is 11.6 Å². The zero-order valence-electron chi connectivity index (χ0n) is 13.4. The highest BCUT2D eigenvalue weighted by atomic mass is 16.6. The van der Waals surface area contributed by atoms with E-state index in [0.717, 1.165) is 5.56 Å². The highest BCUT2D eigenvalue weighted by molar-refractivity contribution is 6.04. The van der Waals surface area contributed by atoms with E-state index in [-0.39, 0.29) is 5.91 Å². The van der Waals surface area contributed by atoms with Crippen LogP contribution < -0.4 is 14.8 Å². The van der Waals surface area contributed by atoms with Gasteiger partial charge >= 0.3 is 0 Å². The predicted octanol–water partition coefficient (Wildman–Crippen LogP) is 2.35. The highest BCUT2D eigenvalue weighted by Crippen LogP contribution is 2.32. The standard InChI is InChI=1S/C18H16N4O3/c23-18(21-15-5-6-16-17(9-15)25-8-7-24-16)14-3-1-13(2-4-14)10-22-12-19-11-20-22/h1-6,9,11-12H,7-8,10H2,(H,21,23). The Balaban J connectivity index is 1.44. The number of fused-ring (bicyclic) bond motifs is 1. The van der Waals surface area contributed by atoms with Crippen molar-refractivity contribution in [1.82, 2.24) is 14.8 Å². The van der Waals surface area contributed by atoms with Crippen molar-refractivity contribution in [2.45, 2.75) is 6.54 Å². The number of rotatable bonds is 4. The molecule has 0 saturated heterocycles. The minimum absolute atomic E-state index is 0.177. The Kier molecular flexibility index (Phi) is 4.04. The second-order valence-corrected chi connectivity index (χ2v) is 5.60. The molecule has 3 aromatic rings. The Morgan fingerprint density at radius 2 is 1.88 bits per heavy atom. The summed E-state index contributed by atoms with van der Waals surface area (Å²) in [5.74, 6) is 1.16. The van der Waals surface area contributed by atoms with Gasteiger partial charge in [-0.1, -0.05) is 12.1 Å². The van der Waals surface area contributed by atoms with Crippen molar-refractivity contribution in [3.8, 4) is 11.5 Å². The minimum atomic E-state index is -0.177. The summed E-state index contributed by atoms with van der Waals surface area (Å²) in [4.78, 5) is 16.3. The summed E-state index contributed by atoms with van der Waals surface area (Å²) >= 11 is 0. The summed E-state index contributed by atoms with van der Waals surface area (Å²) in [6.45, 7) is 1.67. The van der Waals surface area contributed by atoms with E-state index < -0.39 is 0 Å². The lowest BCUT2D eigenvalue weighted by molar-refractivity contribution is 0.102. The molecule has 0 fully saturated rings. The van der Waals surface area contributed by atoms with Crippen LogP contribution in [0.3, 0.4) is 0 Å². The van der Waals surface area contributed by atoms with Crippen LogP contribution in [-0.2, 0) is 6.54 Å². The molecule has 0 radical (unpaired) electrons. The quantitative estimate of drug-likeness (QED) is 0.791. The third-order valence-corrected chi connectivity index (χ3v) is 3.83. The van der Waals surface area contributed by atoms with Crippen LogP contribution in [0.5, 0.6) is 11.5 Å². The number of nitrogens with one attached hydrogen (secondary N) is 1. The van der Waals surface area contributed by atoms with Gasteiger partial charge in [-0.3, -0.25) is 4.79 Å². The van der Waals surface area contributed by atoms with Gasteiger partial charge in [-0.15, -0.1) is 0 Å². The highest BCUT2D eigenvalue weighted by Gasteiger charge is 2.13. The Labute approximate surface area is 144 Å². The molecule has 0 atom stereocenters. The van der Waals surface area contributed by atoms with Gasteiger partial charge in [0.05, 0.1) is 6.54 Å². The molecule has 1 aromatic heterocycles. The maximum absolute atomic E-state index is 12.4. The summed E-state index contributed by atoms with van der Waals surface area (Å²) < 4.78 is 12.7. The predicted molar refractivity (Wildman–Crippen MR) is 91.0 cm³/mol. The topological polar surface area (TPSA) is 78.3 Å². The first kappa shape index (κ1) is 15.2. The summed E-state index contributed by atoms with van der Waals surface area (Å²) in [5, 5.41) is 6.94. The second-order valence-electron chi connectivity index (χ2n) is 5.60. The fourth-order valence-corrected chi connectivity index (χ4v) is 2.59. The molecular weight excluding hydrogens is 320 g/mol. The van der Waals surface area contributed by atoms with Gasteiger partial charge in [0, 0.05) is 17.3 Å². The van der Waals surface area contributed by atoms with Crippen molar-refractivity contribution in [2.24, 2.45) is 0 Å². The Bertz CT molecular complexity index is 876. The minimum Gasteiger partial charge on any atom is -0.486 e. The molecule has 0 bridgehead atoms. The fraction of sp³-hybridized carbons (Fsp3) is 0.167. The molecular formula is C18H16N4O3. The Hall–Kier alpha value is -3.35. The molecule has 7 nitrogen and oxygen atoms in total.